The van der Waals surface area contributed by atoms with Gasteiger partial charge in [-0.25, -0.2) is 13.4 Å². The number of fused-ring (bicyclic) bond motifs is 1. The topological polar surface area (TPSA) is 73.0 Å². The molecular formula is C14H18N2O2S2. The lowest BCUT2D eigenvalue weighted by Gasteiger charge is -2.24. The molecule has 0 spiro atoms. The van der Waals surface area contributed by atoms with Gasteiger partial charge in [-0.1, -0.05) is 6.92 Å². The molecule has 2 aromatic rings. The maximum absolute atomic E-state index is 12.7. The van der Waals surface area contributed by atoms with E-state index in [0.29, 0.717) is 17.1 Å². The Hall–Kier alpha value is -1.14. The first kappa shape index (κ1) is 13.8. The Balaban J connectivity index is 1.96. The summed E-state index contributed by atoms with van der Waals surface area (Å²) in [5, 5.41) is -0.267. The Morgan fingerprint density at radius 1 is 1.25 bits per heavy atom. The average Bonchev–Trinajstić information content (AvgIpc) is 2.83. The fraction of sp³-hybridized carbons (Fsp3) is 0.500. The van der Waals surface area contributed by atoms with Gasteiger partial charge in [-0.3, -0.25) is 0 Å². The number of benzene rings is 1. The van der Waals surface area contributed by atoms with E-state index in [0.717, 1.165) is 30.4 Å². The first-order chi connectivity index (χ1) is 9.46. The SMILES string of the molecule is CC1CCC(S(=O)(=O)c2nc3ccc(N)cc3s2)CC1. The van der Waals surface area contributed by atoms with E-state index >= 15 is 0 Å². The summed E-state index contributed by atoms with van der Waals surface area (Å²) in [5.74, 6) is 0.636. The minimum atomic E-state index is -3.29. The highest BCUT2D eigenvalue weighted by Crippen LogP contribution is 2.35. The highest BCUT2D eigenvalue weighted by Gasteiger charge is 2.33. The number of rotatable bonds is 2. The number of nitrogens with two attached hydrogens (primary N) is 1. The molecule has 0 aliphatic heterocycles. The van der Waals surface area contributed by atoms with Crippen LogP contribution in [-0.4, -0.2) is 18.7 Å². The van der Waals surface area contributed by atoms with E-state index in [-0.39, 0.29) is 9.59 Å². The maximum Gasteiger partial charge on any atom is 0.210 e. The summed E-state index contributed by atoms with van der Waals surface area (Å²) >= 11 is 1.23. The van der Waals surface area contributed by atoms with Crippen molar-refractivity contribution in [3.8, 4) is 0 Å². The van der Waals surface area contributed by atoms with Gasteiger partial charge < -0.3 is 5.73 Å². The first-order valence-electron chi connectivity index (χ1n) is 6.87. The lowest BCUT2D eigenvalue weighted by Crippen LogP contribution is -2.26. The van der Waals surface area contributed by atoms with Crippen LogP contribution >= 0.6 is 11.3 Å². The lowest BCUT2D eigenvalue weighted by atomic mass is 9.91. The van der Waals surface area contributed by atoms with Gasteiger partial charge >= 0.3 is 0 Å². The molecule has 4 nitrogen and oxygen atoms in total. The molecule has 1 aromatic heterocycles. The van der Waals surface area contributed by atoms with Gasteiger partial charge in [-0.2, -0.15) is 0 Å². The zero-order chi connectivity index (χ0) is 14.3. The average molecular weight is 310 g/mol. The van der Waals surface area contributed by atoms with E-state index < -0.39 is 9.84 Å². The van der Waals surface area contributed by atoms with E-state index in [9.17, 15) is 8.42 Å². The number of nitrogen functional groups attached to an aromatic ring is 1. The van der Waals surface area contributed by atoms with E-state index in [1.54, 1.807) is 18.2 Å². The van der Waals surface area contributed by atoms with Gasteiger partial charge in [0.15, 0.2) is 0 Å². The van der Waals surface area contributed by atoms with E-state index in [1.807, 2.05) is 0 Å². The summed E-state index contributed by atoms with van der Waals surface area (Å²) in [7, 11) is -3.29. The fourth-order valence-corrected chi connectivity index (χ4v) is 6.02. The van der Waals surface area contributed by atoms with Crippen molar-refractivity contribution in [3.63, 3.8) is 0 Å². The molecular weight excluding hydrogens is 292 g/mol. The third-order valence-corrected chi connectivity index (χ3v) is 7.72. The molecule has 0 amide bonds. The van der Waals surface area contributed by atoms with Gasteiger partial charge in [0, 0.05) is 5.69 Å². The summed E-state index contributed by atoms with van der Waals surface area (Å²) in [4.78, 5) is 4.29. The summed E-state index contributed by atoms with van der Waals surface area (Å²) in [6.07, 6.45) is 3.48. The predicted molar refractivity (Wildman–Crippen MR) is 82.6 cm³/mol. The second kappa shape index (κ2) is 5.00. The number of aromatic nitrogens is 1. The molecule has 0 unspecified atom stereocenters. The number of hydrogen-bond acceptors (Lipinski definition) is 5. The fourth-order valence-electron chi connectivity index (χ4n) is 2.72. The Kier molecular flexibility index (Phi) is 3.46. The van der Waals surface area contributed by atoms with Gasteiger partial charge in [0.2, 0.25) is 14.2 Å². The molecule has 1 saturated carbocycles. The van der Waals surface area contributed by atoms with Gasteiger partial charge in [-0.15, -0.1) is 11.3 Å². The third-order valence-electron chi connectivity index (χ3n) is 4.04. The lowest BCUT2D eigenvalue weighted by molar-refractivity contribution is 0.382. The molecule has 2 N–H and O–H groups in total. The number of sulfone groups is 1. The third kappa shape index (κ3) is 2.42. The largest absolute Gasteiger partial charge is 0.399 e. The van der Waals surface area contributed by atoms with Crippen molar-refractivity contribution in [2.75, 3.05) is 5.73 Å². The summed E-state index contributed by atoms with van der Waals surface area (Å²) in [5.41, 5.74) is 7.08. The number of nitrogens with zero attached hydrogens (tertiary/aromatic N) is 1. The number of anilines is 1. The quantitative estimate of drug-likeness (QED) is 0.864. The van der Waals surface area contributed by atoms with Crippen LogP contribution in [0.3, 0.4) is 0 Å². The Labute approximate surface area is 122 Å². The summed E-state index contributed by atoms with van der Waals surface area (Å²) < 4.78 is 26.4. The van der Waals surface area contributed by atoms with Crippen LogP contribution in [-0.2, 0) is 9.84 Å². The Bertz CT molecular complexity index is 729. The highest BCUT2D eigenvalue weighted by molar-refractivity contribution is 7.94. The smallest absolute Gasteiger partial charge is 0.210 e. The van der Waals surface area contributed by atoms with Crippen LogP contribution in [0, 0.1) is 5.92 Å². The minimum Gasteiger partial charge on any atom is -0.399 e. The minimum absolute atomic E-state index is 0.248. The van der Waals surface area contributed by atoms with Gasteiger partial charge in [0.1, 0.15) is 0 Å². The highest BCUT2D eigenvalue weighted by atomic mass is 32.2. The predicted octanol–water partition coefficient (Wildman–Crippen LogP) is 3.23. The van der Waals surface area contributed by atoms with Crippen molar-refractivity contribution in [2.45, 2.75) is 42.2 Å². The molecule has 1 fully saturated rings. The van der Waals surface area contributed by atoms with Crippen LogP contribution in [0.1, 0.15) is 32.6 Å². The van der Waals surface area contributed by atoms with Gasteiger partial charge in [0.05, 0.1) is 15.5 Å². The van der Waals surface area contributed by atoms with E-state index in [1.165, 1.54) is 11.3 Å². The van der Waals surface area contributed by atoms with Crippen molar-refractivity contribution in [1.82, 2.24) is 4.98 Å². The molecule has 108 valence electrons. The zero-order valence-electron chi connectivity index (χ0n) is 11.4. The molecule has 0 bridgehead atoms. The van der Waals surface area contributed by atoms with Crippen LogP contribution < -0.4 is 5.73 Å². The molecule has 1 aliphatic carbocycles. The molecule has 3 rings (SSSR count). The second-order valence-corrected chi connectivity index (χ2v) is 9.07. The van der Waals surface area contributed by atoms with Crippen molar-refractivity contribution < 1.29 is 8.42 Å². The van der Waals surface area contributed by atoms with Gasteiger partial charge in [0.25, 0.3) is 0 Å². The first-order valence-corrected chi connectivity index (χ1v) is 9.23. The maximum atomic E-state index is 12.7. The molecule has 0 radical (unpaired) electrons. The Morgan fingerprint density at radius 3 is 2.65 bits per heavy atom. The molecule has 1 aromatic carbocycles. The summed E-state index contributed by atoms with van der Waals surface area (Å²) in [6.45, 7) is 2.18. The van der Waals surface area contributed by atoms with Crippen LogP contribution in [0.2, 0.25) is 0 Å². The normalized spacial score (nSPS) is 24.1. The van der Waals surface area contributed by atoms with Crippen molar-refractivity contribution in [3.05, 3.63) is 18.2 Å². The molecule has 20 heavy (non-hydrogen) atoms. The van der Waals surface area contributed by atoms with Crippen LogP contribution in [0.5, 0.6) is 0 Å². The molecule has 0 saturated heterocycles. The second-order valence-electron chi connectivity index (χ2n) is 5.63. The zero-order valence-corrected chi connectivity index (χ0v) is 13.0. The standard InChI is InChI=1S/C14H18N2O2S2/c1-9-2-5-11(6-3-9)20(17,18)14-16-12-7-4-10(15)8-13(12)19-14/h4,7-9,11H,2-3,5-6,15H2,1H3. The van der Waals surface area contributed by atoms with Crippen molar-refractivity contribution >= 4 is 37.1 Å². The van der Waals surface area contributed by atoms with Crippen LogP contribution in [0.15, 0.2) is 22.5 Å². The van der Waals surface area contributed by atoms with E-state index in [2.05, 4.69) is 11.9 Å². The van der Waals surface area contributed by atoms with Gasteiger partial charge in [-0.05, 0) is 49.8 Å². The molecule has 6 heteroatoms. The van der Waals surface area contributed by atoms with Crippen molar-refractivity contribution in [1.29, 1.82) is 0 Å². The molecule has 1 heterocycles. The number of hydrogen-bond donors (Lipinski definition) is 1. The van der Waals surface area contributed by atoms with Crippen molar-refractivity contribution in [2.24, 2.45) is 5.92 Å². The summed E-state index contributed by atoms with van der Waals surface area (Å²) in [6, 6.07) is 5.32. The Morgan fingerprint density at radius 2 is 1.95 bits per heavy atom. The molecule has 1 aliphatic rings. The monoisotopic (exact) mass is 310 g/mol. The molecule has 0 atom stereocenters. The van der Waals surface area contributed by atoms with Crippen LogP contribution in [0.4, 0.5) is 5.69 Å². The van der Waals surface area contributed by atoms with E-state index in [4.69, 9.17) is 5.73 Å². The number of thiazole rings is 1. The van der Waals surface area contributed by atoms with Crippen LogP contribution in [0.25, 0.3) is 10.2 Å².